The summed E-state index contributed by atoms with van der Waals surface area (Å²) in [6.07, 6.45) is 1.39. The first-order valence-corrected chi connectivity index (χ1v) is 8.54. The lowest BCUT2D eigenvalue weighted by molar-refractivity contribution is -0.132. The van der Waals surface area contributed by atoms with Gasteiger partial charge in [0, 0.05) is 18.9 Å². The fourth-order valence-corrected chi connectivity index (χ4v) is 2.93. The normalized spacial score (nSPS) is 12.1. The maximum atomic E-state index is 13.4. The number of halogens is 2. The Bertz CT molecular complexity index is 1050. The number of benzene rings is 2. The van der Waals surface area contributed by atoms with Crippen LogP contribution >= 0.6 is 0 Å². The van der Waals surface area contributed by atoms with Crippen molar-refractivity contribution in [3.8, 4) is 0 Å². The second-order valence-electron chi connectivity index (χ2n) is 6.35. The molecule has 1 unspecified atom stereocenters. The van der Waals surface area contributed by atoms with E-state index in [-0.39, 0.29) is 17.8 Å². The Morgan fingerprint density at radius 3 is 2.67 bits per heavy atom. The van der Waals surface area contributed by atoms with E-state index < -0.39 is 17.7 Å². The van der Waals surface area contributed by atoms with Crippen molar-refractivity contribution in [3.05, 3.63) is 76.1 Å². The summed E-state index contributed by atoms with van der Waals surface area (Å²) >= 11 is 0. The average molecular weight is 371 g/mol. The molecule has 0 aliphatic rings. The smallest absolute Gasteiger partial charge is 0.224 e. The summed E-state index contributed by atoms with van der Waals surface area (Å²) in [7, 11) is 1.62. The third kappa shape index (κ3) is 3.86. The second kappa shape index (κ2) is 7.65. The SMILES string of the molecule is CC(c1ccc(F)c(F)c1)N(C)C(=O)CCn1ncc(=O)c2ccccc21. The molecule has 0 radical (unpaired) electrons. The molecule has 0 spiro atoms. The molecule has 0 bridgehead atoms. The number of hydrogen-bond donors (Lipinski definition) is 0. The number of aryl methyl sites for hydroxylation is 1. The van der Waals surface area contributed by atoms with E-state index in [2.05, 4.69) is 5.10 Å². The van der Waals surface area contributed by atoms with E-state index in [1.165, 1.54) is 17.2 Å². The minimum absolute atomic E-state index is 0.157. The number of fused-ring (bicyclic) bond motifs is 1. The van der Waals surface area contributed by atoms with Crippen molar-refractivity contribution in [1.82, 2.24) is 14.7 Å². The lowest BCUT2D eigenvalue weighted by Crippen LogP contribution is -2.30. The first-order chi connectivity index (χ1) is 12.9. The molecule has 0 N–H and O–H groups in total. The van der Waals surface area contributed by atoms with Gasteiger partial charge in [-0.15, -0.1) is 0 Å². The molecule has 1 amide bonds. The third-order valence-corrected chi connectivity index (χ3v) is 4.70. The van der Waals surface area contributed by atoms with Crippen LogP contribution in [-0.4, -0.2) is 27.6 Å². The lowest BCUT2D eigenvalue weighted by Gasteiger charge is -2.25. The van der Waals surface area contributed by atoms with Gasteiger partial charge in [-0.2, -0.15) is 5.10 Å². The van der Waals surface area contributed by atoms with Crippen molar-refractivity contribution in [1.29, 1.82) is 0 Å². The van der Waals surface area contributed by atoms with Crippen LogP contribution in [0.15, 0.2) is 53.5 Å². The van der Waals surface area contributed by atoms with E-state index >= 15 is 0 Å². The zero-order chi connectivity index (χ0) is 19.6. The molecule has 5 nitrogen and oxygen atoms in total. The maximum Gasteiger partial charge on any atom is 0.224 e. The van der Waals surface area contributed by atoms with Gasteiger partial charge < -0.3 is 4.90 Å². The molecular formula is C20H19F2N3O2. The van der Waals surface area contributed by atoms with Crippen LogP contribution in [0.25, 0.3) is 10.9 Å². The number of carbonyl (C=O) groups excluding carboxylic acids is 1. The fraction of sp³-hybridized carbons (Fsp3) is 0.250. The van der Waals surface area contributed by atoms with Crippen LogP contribution < -0.4 is 5.43 Å². The minimum Gasteiger partial charge on any atom is -0.339 e. The predicted molar refractivity (Wildman–Crippen MR) is 98.2 cm³/mol. The average Bonchev–Trinajstić information content (AvgIpc) is 2.68. The summed E-state index contributed by atoms with van der Waals surface area (Å²) < 4.78 is 28.2. The number of rotatable bonds is 5. The molecular weight excluding hydrogens is 352 g/mol. The maximum absolute atomic E-state index is 13.4. The molecule has 1 heterocycles. The van der Waals surface area contributed by atoms with Gasteiger partial charge in [-0.05, 0) is 36.8 Å². The molecule has 3 rings (SSSR count). The van der Waals surface area contributed by atoms with Crippen molar-refractivity contribution in [2.24, 2.45) is 0 Å². The highest BCUT2D eigenvalue weighted by Gasteiger charge is 2.19. The summed E-state index contributed by atoms with van der Waals surface area (Å²) in [6.45, 7) is 2.05. The number of amides is 1. The second-order valence-corrected chi connectivity index (χ2v) is 6.35. The quantitative estimate of drug-likeness (QED) is 0.692. The van der Waals surface area contributed by atoms with Crippen LogP contribution in [0, 0.1) is 11.6 Å². The molecule has 0 aliphatic heterocycles. The number of para-hydroxylation sites is 1. The van der Waals surface area contributed by atoms with Crippen molar-refractivity contribution in [2.75, 3.05) is 7.05 Å². The van der Waals surface area contributed by atoms with Crippen LogP contribution in [0.3, 0.4) is 0 Å². The molecule has 0 aliphatic carbocycles. The van der Waals surface area contributed by atoms with Gasteiger partial charge in [0.1, 0.15) is 0 Å². The van der Waals surface area contributed by atoms with Crippen molar-refractivity contribution >= 4 is 16.8 Å². The van der Waals surface area contributed by atoms with Crippen LogP contribution in [0.2, 0.25) is 0 Å². The Balaban J connectivity index is 1.73. The monoisotopic (exact) mass is 371 g/mol. The first kappa shape index (κ1) is 18.7. The minimum atomic E-state index is -0.941. The molecule has 2 aromatic carbocycles. The predicted octanol–water partition coefficient (Wildman–Crippen LogP) is 3.28. The van der Waals surface area contributed by atoms with E-state index in [4.69, 9.17) is 0 Å². The molecule has 1 aromatic heterocycles. The van der Waals surface area contributed by atoms with Gasteiger partial charge in [-0.25, -0.2) is 8.78 Å². The zero-order valence-electron chi connectivity index (χ0n) is 15.0. The lowest BCUT2D eigenvalue weighted by atomic mass is 10.1. The highest BCUT2D eigenvalue weighted by Crippen LogP contribution is 2.21. The molecule has 3 aromatic rings. The van der Waals surface area contributed by atoms with E-state index in [1.807, 2.05) is 0 Å². The molecule has 1 atom stereocenters. The van der Waals surface area contributed by atoms with Gasteiger partial charge in [-0.3, -0.25) is 14.3 Å². The molecule has 7 heteroatoms. The third-order valence-electron chi connectivity index (χ3n) is 4.70. The Hall–Kier alpha value is -3.09. The van der Waals surface area contributed by atoms with Gasteiger partial charge in [0.2, 0.25) is 11.3 Å². The van der Waals surface area contributed by atoms with Gasteiger partial charge in [0.25, 0.3) is 0 Å². The standard InChI is InChI=1S/C20H19F2N3O2/c1-13(14-7-8-16(21)17(22)11-14)24(2)20(27)9-10-25-18-6-4-3-5-15(18)19(26)12-23-25/h3-8,11-13H,9-10H2,1-2H3. The molecule has 0 fully saturated rings. The molecule has 0 saturated carbocycles. The Labute approximate surface area is 154 Å². The number of aromatic nitrogens is 2. The van der Waals surface area contributed by atoms with Gasteiger partial charge >= 0.3 is 0 Å². The summed E-state index contributed by atoms with van der Waals surface area (Å²) in [5, 5.41) is 4.65. The van der Waals surface area contributed by atoms with Crippen LogP contribution in [0.5, 0.6) is 0 Å². The fourth-order valence-electron chi connectivity index (χ4n) is 2.93. The zero-order valence-corrected chi connectivity index (χ0v) is 15.0. The van der Waals surface area contributed by atoms with E-state index in [9.17, 15) is 18.4 Å². The largest absolute Gasteiger partial charge is 0.339 e. The first-order valence-electron chi connectivity index (χ1n) is 8.54. The number of carbonyl (C=O) groups is 1. The number of hydrogen-bond acceptors (Lipinski definition) is 3. The summed E-state index contributed by atoms with van der Waals surface area (Å²) in [6, 6.07) is 10.3. The summed E-state index contributed by atoms with van der Waals surface area (Å²) in [5.41, 5.74) is 1.00. The van der Waals surface area contributed by atoms with Gasteiger partial charge in [-0.1, -0.05) is 18.2 Å². The highest BCUT2D eigenvalue weighted by atomic mass is 19.2. The summed E-state index contributed by atoms with van der Waals surface area (Å²) in [4.78, 5) is 25.9. The van der Waals surface area contributed by atoms with Crippen molar-refractivity contribution in [2.45, 2.75) is 25.9 Å². The Kier molecular flexibility index (Phi) is 5.30. The van der Waals surface area contributed by atoms with Gasteiger partial charge in [0.05, 0.1) is 24.3 Å². The molecule has 27 heavy (non-hydrogen) atoms. The molecule has 140 valence electrons. The highest BCUT2D eigenvalue weighted by molar-refractivity contribution is 5.79. The number of nitrogens with zero attached hydrogens (tertiary/aromatic N) is 3. The van der Waals surface area contributed by atoms with Crippen molar-refractivity contribution < 1.29 is 13.6 Å². The van der Waals surface area contributed by atoms with E-state index in [0.29, 0.717) is 23.0 Å². The molecule has 0 saturated heterocycles. The van der Waals surface area contributed by atoms with Gasteiger partial charge in [0.15, 0.2) is 11.6 Å². The van der Waals surface area contributed by atoms with Crippen molar-refractivity contribution in [3.63, 3.8) is 0 Å². The Morgan fingerprint density at radius 2 is 1.93 bits per heavy atom. The van der Waals surface area contributed by atoms with E-state index in [0.717, 1.165) is 12.1 Å². The van der Waals surface area contributed by atoms with Crippen LogP contribution in [0.1, 0.15) is 24.9 Å². The van der Waals surface area contributed by atoms with Crippen LogP contribution in [-0.2, 0) is 11.3 Å². The Morgan fingerprint density at radius 1 is 1.19 bits per heavy atom. The summed E-state index contributed by atoms with van der Waals surface area (Å²) in [5.74, 6) is -2.03. The topological polar surface area (TPSA) is 55.2 Å². The van der Waals surface area contributed by atoms with E-state index in [1.54, 1.807) is 42.9 Å². The van der Waals surface area contributed by atoms with Crippen LogP contribution in [0.4, 0.5) is 8.78 Å².